The lowest BCUT2D eigenvalue weighted by Gasteiger charge is -2.20. The second kappa shape index (κ2) is 4.40. The van der Waals surface area contributed by atoms with Crippen molar-refractivity contribution in [2.45, 2.75) is 30.8 Å². The van der Waals surface area contributed by atoms with Gasteiger partial charge in [-0.15, -0.1) is 0 Å². The van der Waals surface area contributed by atoms with Crippen molar-refractivity contribution in [2.75, 3.05) is 7.11 Å². The Bertz CT molecular complexity index is 429. The van der Waals surface area contributed by atoms with Crippen molar-refractivity contribution in [2.24, 2.45) is 0 Å². The van der Waals surface area contributed by atoms with Crippen molar-refractivity contribution < 1.29 is 4.74 Å². The van der Waals surface area contributed by atoms with Crippen molar-refractivity contribution in [1.29, 1.82) is 5.26 Å². The first-order valence-electron chi connectivity index (χ1n) is 5.27. The van der Waals surface area contributed by atoms with Crippen LogP contribution in [-0.4, -0.2) is 18.2 Å². The zero-order valence-corrected chi connectivity index (χ0v) is 9.87. The third-order valence-electron chi connectivity index (χ3n) is 3.23. The van der Waals surface area contributed by atoms with Crippen LogP contribution in [0.15, 0.2) is 18.3 Å². The van der Waals surface area contributed by atoms with Crippen molar-refractivity contribution >= 4 is 11.6 Å². The number of nitriles is 1. The average molecular weight is 237 g/mol. The molecule has 0 amide bonds. The molecular weight excluding hydrogens is 224 g/mol. The van der Waals surface area contributed by atoms with Crippen LogP contribution < -0.4 is 0 Å². The number of hydrogen-bond acceptors (Lipinski definition) is 3. The first-order chi connectivity index (χ1) is 7.72. The molecule has 0 radical (unpaired) electrons. The van der Waals surface area contributed by atoms with E-state index in [1.807, 2.05) is 0 Å². The van der Waals surface area contributed by atoms with E-state index in [2.05, 4.69) is 11.1 Å². The number of nitrogens with zero attached hydrogens (tertiary/aromatic N) is 2. The maximum absolute atomic E-state index is 9.40. The van der Waals surface area contributed by atoms with E-state index in [1.165, 1.54) is 0 Å². The number of rotatable bonds is 2. The van der Waals surface area contributed by atoms with Gasteiger partial charge in [0.05, 0.1) is 22.9 Å². The molecule has 0 bridgehead atoms. The maximum Gasteiger partial charge on any atom is 0.103 e. The molecule has 1 aliphatic rings. The van der Waals surface area contributed by atoms with E-state index in [0.717, 1.165) is 12.8 Å². The van der Waals surface area contributed by atoms with Gasteiger partial charge < -0.3 is 4.74 Å². The van der Waals surface area contributed by atoms with Gasteiger partial charge >= 0.3 is 0 Å². The predicted octanol–water partition coefficient (Wildman–Crippen LogP) is 2.70. The first kappa shape index (κ1) is 11.4. The topological polar surface area (TPSA) is 45.9 Å². The van der Waals surface area contributed by atoms with E-state index in [1.54, 1.807) is 25.4 Å². The fourth-order valence-corrected chi connectivity index (χ4v) is 2.61. The lowest BCUT2D eigenvalue weighted by atomic mass is 9.84. The number of hydrogen-bond donors (Lipinski definition) is 0. The third kappa shape index (κ3) is 1.79. The highest BCUT2D eigenvalue weighted by molar-refractivity contribution is 6.31. The summed E-state index contributed by atoms with van der Waals surface area (Å²) in [6.07, 6.45) is 4.14. The molecule has 1 saturated carbocycles. The van der Waals surface area contributed by atoms with Gasteiger partial charge in [0.2, 0.25) is 0 Å². The zero-order chi connectivity index (χ0) is 11.6. The number of pyridine rings is 1. The molecule has 1 heterocycles. The lowest BCUT2D eigenvalue weighted by Crippen LogP contribution is -2.23. The Hall–Kier alpha value is -1.11. The van der Waals surface area contributed by atoms with Gasteiger partial charge in [0.1, 0.15) is 5.41 Å². The molecule has 2 atom stereocenters. The van der Waals surface area contributed by atoms with Gasteiger partial charge in [-0.25, -0.2) is 0 Å². The van der Waals surface area contributed by atoms with Gasteiger partial charge in [0.15, 0.2) is 0 Å². The largest absolute Gasteiger partial charge is 0.381 e. The number of ether oxygens (including phenoxy) is 1. The summed E-state index contributed by atoms with van der Waals surface area (Å²) >= 11 is 6.11. The van der Waals surface area contributed by atoms with Gasteiger partial charge in [0, 0.05) is 13.3 Å². The number of methoxy groups -OCH3 is 1. The summed E-state index contributed by atoms with van der Waals surface area (Å²) < 4.78 is 5.31. The molecule has 1 unspecified atom stereocenters. The Morgan fingerprint density at radius 2 is 2.50 bits per heavy atom. The van der Waals surface area contributed by atoms with Gasteiger partial charge in [-0.05, 0) is 31.4 Å². The van der Waals surface area contributed by atoms with E-state index < -0.39 is 5.41 Å². The Morgan fingerprint density at radius 1 is 1.69 bits per heavy atom. The highest BCUT2D eigenvalue weighted by Gasteiger charge is 2.43. The molecule has 0 spiro atoms. The molecule has 16 heavy (non-hydrogen) atoms. The standard InChI is InChI=1S/C12H13ClN2O/c1-16-9-4-5-12(7-9,8-14)11-10(13)3-2-6-15-11/h2-3,6,9H,4-5,7H2,1H3/t9-,12?/m0/s1. The molecular formula is C12H13ClN2O. The van der Waals surface area contributed by atoms with Crippen LogP contribution in [0.3, 0.4) is 0 Å². The van der Waals surface area contributed by atoms with E-state index in [-0.39, 0.29) is 6.10 Å². The van der Waals surface area contributed by atoms with Gasteiger partial charge in [-0.2, -0.15) is 5.26 Å². The van der Waals surface area contributed by atoms with Crippen LogP contribution in [0, 0.1) is 11.3 Å². The summed E-state index contributed by atoms with van der Waals surface area (Å²) in [6.45, 7) is 0. The Balaban J connectivity index is 2.38. The second-order valence-corrected chi connectivity index (χ2v) is 4.54. The summed E-state index contributed by atoms with van der Waals surface area (Å²) in [4.78, 5) is 4.26. The molecule has 0 aliphatic heterocycles. The van der Waals surface area contributed by atoms with E-state index in [0.29, 0.717) is 17.1 Å². The lowest BCUT2D eigenvalue weighted by molar-refractivity contribution is 0.105. The molecule has 0 saturated heterocycles. The monoisotopic (exact) mass is 236 g/mol. The fraction of sp³-hybridized carbons (Fsp3) is 0.500. The Morgan fingerprint density at radius 3 is 3.06 bits per heavy atom. The molecule has 2 rings (SSSR count). The summed E-state index contributed by atoms with van der Waals surface area (Å²) in [5.41, 5.74) is 0.123. The smallest absolute Gasteiger partial charge is 0.103 e. The molecule has 4 heteroatoms. The van der Waals surface area contributed by atoms with E-state index in [9.17, 15) is 5.26 Å². The van der Waals surface area contributed by atoms with Crippen LogP contribution in [0.5, 0.6) is 0 Å². The maximum atomic E-state index is 9.40. The van der Waals surface area contributed by atoms with Crippen LogP contribution in [0.1, 0.15) is 25.0 Å². The van der Waals surface area contributed by atoms with Crippen LogP contribution in [0.4, 0.5) is 0 Å². The van der Waals surface area contributed by atoms with Gasteiger partial charge in [-0.1, -0.05) is 11.6 Å². The van der Waals surface area contributed by atoms with Crippen molar-refractivity contribution in [3.63, 3.8) is 0 Å². The quantitative estimate of drug-likeness (QED) is 0.793. The minimum absolute atomic E-state index is 0.137. The molecule has 0 aromatic carbocycles. The average Bonchev–Trinajstić information content (AvgIpc) is 2.74. The summed E-state index contributed by atoms with van der Waals surface area (Å²) in [6, 6.07) is 5.93. The van der Waals surface area contributed by atoms with Crippen LogP contribution in [-0.2, 0) is 10.2 Å². The summed E-state index contributed by atoms with van der Waals surface area (Å²) in [7, 11) is 1.68. The van der Waals surface area contributed by atoms with E-state index in [4.69, 9.17) is 16.3 Å². The van der Waals surface area contributed by atoms with Gasteiger partial charge in [-0.3, -0.25) is 4.98 Å². The molecule has 3 nitrogen and oxygen atoms in total. The number of halogens is 1. The van der Waals surface area contributed by atoms with Crippen molar-refractivity contribution in [3.8, 4) is 6.07 Å². The van der Waals surface area contributed by atoms with Gasteiger partial charge in [0.25, 0.3) is 0 Å². The van der Waals surface area contributed by atoms with Crippen LogP contribution >= 0.6 is 11.6 Å². The van der Waals surface area contributed by atoms with Crippen LogP contribution in [0.2, 0.25) is 5.02 Å². The molecule has 0 N–H and O–H groups in total. The second-order valence-electron chi connectivity index (χ2n) is 4.13. The SMILES string of the molecule is CO[C@H]1CCC(C#N)(c2ncccc2Cl)C1. The summed E-state index contributed by atoms with van der Waals surface area (Å²) in [5, 5.41) is 9.97. The molecule has 1 aliphatic carbocycles. The zero-order valence-electron chi connectivity index (χ0n) is 9.11. The Kier molecular flexibility index (Phi) is 3.13. The minimum atomic E-state index is -0.570. The number of aromatic nitrogens is 1. The Labute approximate surface area is 100 Å². The molecule has 84 valence electrons. The minimum Gasteiger partial charge on any atom is -0.381 e. The molecule has 1 fully saturated rings. The third-order valence-corrected chi connectivity index (χ3v) is 3.53. The van der Waals surface area contributed by atoms with Crippen LogP contribution in [0.25, 0.3) is 0 Å². The highest BCUT2D eigenvalue weighted by atomic mass is 35.5. The van der Waals surface area contributed by atoms with E-state index >= 15 is 0 Å². The normalized spacial score (nSPS) is 28.9. The first-order valence-corrected chi connectivity index (χ1v) is 5.65. The van der Waals surface area contributed by atoms with Crippen molar-refractivity contribution in [3.05, 3.63) is 29.0 Å². The fourth-order valence-electron chi connectivity index (χ4n) is 2.31. The predicted molar refractivity (Wildman–Crippen MR) is 61.2 cm³/mol. The molecule has 1 aromatic rings. The highest BCUT2D eigenvalue weighted by Crippen LogP contribution is 2.43. The summed E-state index contributed by atoms with van der Waals surface area (Å²) in [5.74, 6) is 0. The molecule has 1 aromatic heterocycles. The van der Waals surface area contributed by atoms with Crippen molar-refractivity contribution in [1.82, 2.24) is 4.98 Å².